The first-order chi connectivity index (χ1) is 13.7. The van der Waals surface area contributed by atoms with Crippen LogP contribution in [0.4, 0.5) is 0 Å². The molecule has 2 fully saturated rings. The number of nitrogens with zero attached hydrogens (tertiary/aromatic N) is 3. The van der Waals surface area contributed by atoms with E-state index >= 15 is 0 Å². The number of guanidine groups is 1. The van der Waals surface area contributed by atoms with Gasteiger partial charge >= 0.3 is 0 Å². The molecule has 4 nitrogen and oxygen atoms in total. The lowest BCUT2D eigenvalue weighted by Crippen LogP contribution is -2.42. The maximum atomic E-state index is 5.06. The number of thioether (sulfide) groups is 1. The molecule has 0 aromatic heterocycles. The summed E-state index contributed by atoms with van der Waals surface area (Å²) in [5.74, 6) is 3.79. The average Bonchev–Trinajstić information content (AvgIpc) is 3.19. The molecule has 2 aliphatic heterocycles. The summed E-state index contributed by atoms with van der Waals surface area (Å²) in [5, 5.41) is 3.55. The molecule has 164 valence electrons. The predicted octanol–water partition coefficient (Wildman–Crippen LogP) is 4.80. The van der Waals surface area contributed by atoms with Crippen molar-refractivity contribution in [2.45, 2.75) is 51.0 Å². The molecule has 2 aliphatic rings. The zero-order valence-corrected chi connectivity index (χ0v) is 21.5. The first kappa shape index (κ1) is 24.8. The van der Waals surface area contributed by atoms with Gasteiger partial charge in [0.15, 0.2) is 5.96 Å². The Morgan fingerprint density at radius 3 is 2.66 bits per heavy atom. The van der Waals surface area contributed by atoms with Crippen molar-refractivity contribution in [1.29, 1.82) is 0 Å². The lowest BCUT2D eigenvalue weighted by Gasteiger charge is -2.35. The molecule has 2 saturated heterocycles. The number of piperidine rings is 1. The summed E-state index contributed by atoms with van der Waals surface area (Å²) in [7, 11) is 0. The van der Waals surface area contributed by atoms with E-state index in [0.29, 0.717) is 12.0 Å². The van der Waals surface area contributed by atoms with Crippen LogP contribution in [-0.2, 0) is 0 Å². The highest BCUT2D eigenvalue weighted by molar-refractivity contribution is 14.0. The Labute approximate surface area is 199 Å². The molecule has 0 saturated carbocycles. The zero-order valence-electron chi connectivity index (χ0n) is 18.3. The number of benzene rings is 1. The lowest BCUT2D eigenvalue weighted by molar-refractivity contribution is 0.143. The Kier molecular flexibility index (Phi) is 11.2. The second-order valence-electron chi connectivity index (χ2n) is 8.52. The van der Waals surface area contributed by atoms with Gasteiger partial charge in [-0.25, -0.2) is 0 Å². The van der Waals surface area contributed by atoms with E-state index in [4.69, 9.17) is 4.99 Å². The van der Waals surface area contributed by atoms with Crippen molar-refractivity contribution in [2.24, 2.45) is 16.8 Å². The minimum absolute atomic E-state index is 0. The molecule has 29 heavy (non-hydrogen) atoms. The molecule has 2 heterocycles. The van der Waals surface area contributed by atoms with Crippen molar-refractivity contribution in [1.82, 2.24) is 15.1 Å². The van der Waals surface area contributed by atoms with Gasteiger partial charge in [-0.05, 0) is 70.5 Å². The number of rotatable bonds is 7. The number of likely N-dealkylation sites (tertiary alicyclic amines) is 2. The largest absolute Gasteiger partial charge is 0.357 e. The fourth-order valence-corrected chi connectivity index (χ4v) is 5.30. The van der Waals surface area contributed by atoms with Gasteiger partial charge in [-0.15, -0.1) is 35.7 Å². The number of hydrogen-bond donors (Lipinski definition) is 1. The summed E-state index contributed by atoms with van der Waals surface area (Å²) in [6, 6.07) is 11.4. The summed E-state index contributed by atoms with van der Waals surface area (Å²) in [6.45, 7) is 13.4. The van der Waals surface area contributed by atoms with E-state index in [1.807, 2.05) is 11.8 Å². The summed E-state index contributed by atoms with van der Waals surface area (Å²) < 4.78 is 0. The van der Waals surface area contributed by atoms with Gasteiger partial charge in [0.1, 0.15) is 0 Å². The third kappa shape index (κ3) is 7.94. The maximum absolute atomic E-state index is 5.06. The monoisotopic (exact) mass is 530 g/mol. The van der Waals surface area contributed by atoms with Crippen molar-refractivity contribution in [3.05, 3.63) is 30.3 Å². The molecule has 1 aromatic rings. The van der Waals surface area contributed by atoms with Crippen LogP contribution < -0.4 is 5.32 Å². The molecule has 0 radical (unpaired) electrons. The normalized spacial score (nSPS) is 23.3. The minimum Gasteiger partial charge on any atom is -0.357 e. The fraction of sp³-hybridized carbons (Fsp3) is 0.696. The molecule has 0 spiro atoms. The summed E-state index contributed by atoms with van der Waals surface area (Å²) in [5.41, 5.74) is 0. The van der Waals surface area contributed by atoms with E-state index < -0.39 is 0 Å². The smallest absolute Gasteiger partial charge is 0.193 e. The van der Waals surface area contributed by atoms with Gasteiger partial charge in [-0.3, -0.25) is 4.99 Å². The molecular formula is C23H39IN4S. The molecule has 0 bridgehead atoms. The van der Waals surface area contributed by atoms with Crippen LogP contribution in [0.15, 0.2) is 40.2 Å². The van der Waals surface area contributed by atoms with Gasteiger partial charge in [-0.1, -0.05) is 18.2 Å². The predicted molar refractivity (Wildman–Crippen MR) is 138 cm³/mol. The van der Waals surface area contributed by atoms with Gasteiger partial charge in [0.05, 0.1) is 0 Å². The van der Waals surface area contributed by atoms with Gasteiger partial charge in [0.25, 0.3) is 0 Å². The molecule has 0 amide bonds. The molecule has 1 aromatic carbocycles. The van der Waals surface area contributed by atoms with Crippen molar-refractivity contribution in [2.75, 3.05) is 45.0 Å². The second-order valence-corrected chi connectivity index (χ2v) is 9.61. The van der Waals surface area contributed by atoms with Crippen LogP contribution in [0.2, 0.25) is 0 Å². The van der Waals surface area contributed by atoms with Crippen molar-refractivity contribution >= 4 is 41.7 Å². The first-order valence-electron chi connectivity index (χ1n) is 11.1. The first-order valence-corrected chi connectivity index (χ1v) is 12.1. The van der Waals surface area contributed by atoms with Crippen LogP contribution in [-0.4, -0.2) is 66.8 Å². The molecule has 1 N–H and O–H groups in total. The summed E-state index contributed by atoms with van der Waals surface area (Å²) in [6.07, 6.45) is 3.91. The third-order valence-corrected chi connectivity index (χ3v) is 7.17. The zero-order chi connectivity index (χ0) is 19.8. The number of nitrogens with one attached hydrogen (secondary N) is 1. The van der Waals surface area contributed by atoms with Crippen molar-refractivity contribution < 1.29 is 0 Å². The lowest BCUT2D eigenvalue weighted by atomic mass is 9.97. The summed E-state index contributed by atoms with van der Waals surface area (Å²) in [4.78, 5) is 11.5. The Bertz CT molecular complexity index is 610. The van der Waals surface area contributed by atoms with E-state index in [-0.39, 0.29) is 24.0 Å². The summed E-state index contributed by atoms with van der Waals surface area (Å²) >= 11 is 1.99. The van der Waals surface area contributed by atoms with Crippen LogP contribution in [0, 0.1) is 11.8 Å². The third-order valence-electron chi connectivity index (χ3n) is 5.93. The van der Waals surface area contributed by atoms with Crippen LogP contribution >= 0.6 is 35.7 Å². The maximum Gasteiger partial charge on any atom is 0.193 e. The molecule has 0 aliphatic carbocycles. The Morgan fingerprint density at radius 1 is 1.14 bits per heavy atom. The second kappa shape index (κ2) is 13.1. The minimum atomic E-state index is 0. The topological polar surface area (TPSA) is 30.9 Å². The number of aliphatic imine (C=N–C) groups is 1. The Hall–Kier alpha value is -0.470. The van der Waals surface area contributed by atoms with Gasteiger partial charge in [0.2, 0.25) is 0 Å². The van der Waals surface area contributed by atoms with Crippen LogP contribution in [0.1, 0.15) is 40.0 Å². The molecule has 2 unspecified atom stereocenters. The van der Waals surface area contributed by atoms with Crippen molar-refractivity contribution in [3.63, 3.8) is 0 Å². The van der Waals surface area contributed by atoms with Crippen LogP contribution in [0.25, 0.3) is 0 Å². The highest BCUT2D eigenvalue weighted by Crippen LogP contribution is 2.26. The average molecular weight is 531 g/mol. The van der Waals surface area contributed by atoms with E-state index in [9.17, 15) is 0 Å². The van der Waals surface area contributed by atoms with Gasteiger partial charge < -0.3 is 15.1 Å². The molecule has 3 rings (SSSR count). The van der Waals surface area contributed by atoms with Gasteiger partial charge in [-0.2, -0.15) is 0 Å². The van der Waals surface area contributed by atoms with Crippen molar-refractivity contribution in [3.8, 4) is 0 Å². The van der Waals surface area contributed by atoms with E-state index in [2.05, 4.69) is 66.2 Å². The quantitative estimate of drug-likeness (QED) is 0.238. The van der Waals surface area contributed by atoms with Crippen LogP contribution in [0.3, 0.4) is 0 Å². The molecule has 2 atom stereocenters. The highest BCUT2D eigenvalue weighted by atomic mass is 127. The molecule has 6 heteroatoms. The van der Waals surface area contributed by atoms with Gasteiger partial charge in [0, 0.05) is 49.4 Å². The number of hydrogen-bond acceptors (Lipinski definition) is 3. The van der Waals surface area contributed by atoms with E-state index in [1.54, 1.807) is 0 Å². The fourth-order valence-electron chi connectivity index (χ4n) is 4.25. The van der Waals surface area contributed by atoms with E-state index in [0.717, 1.165) is 38.1 Å². The number of halogens is 1. The molecular weight excluding hydrogens is 491 g/mol. The highest BCUT2D eigenvalue weighted by Gasteiger charge is 2.26. The SMILES string of the molecule is CCNC(=NCC1CCCN(C(C)C)C1)N1CCC(CSc2ccccc2)C1.I. The Balaban J connectivity index is 0.00000300. The Morgan fingerprint density at radius 2 is 1.93 bits per heavy atom. The standard InChI is InChI=1S/C23H38N4S.HI/c1-4-24-23(25-15-20-9-8-13-26(16-20)19(2)3)27-14-12-21(17-27)18-28-22-10-6-5-7-11-22;/h5-7,10-11,19-21H,4,8-9,12-18H2,1-3H3,(H,24,25);1H. The van der Waals surface area contributed by atoms with E-state index in [1.165, 1.54) is 43.0 Å². The van der Waals surface area contributed by atoms with Crippen LogP contribution in [0.5, 0.6) is 0 Å².